The Balaban J connectivity index is 2.34. The number of hydrogen-bond donors (Lipinski definition) is 0. The van der Waals surface area contributed by atoms with Crippen molar-refractivity contribution in [2.75, 3.05) is 27.2 Å². The Morgan fingerprint density at radius 3 is 2.29 bits per heavy atom. The Labute approximate surface area is 124 Å². The van der Waals surface area contributed by atoms with E-state index in [1.807, 2.05) is 36.4 Å². The highest BCUT2D eigenvalue weighted by atomic mass is 31.2. The molecule has 3 rings (SSSR count). The number of benzene rings is 2. The number of fused-ring (bicyclic) bond motifs is 1. The van der Waals surface area contributed by atoms with E-state index in [1.54, 1.807) is 20.9 Å². The normalized spacial score (nSPS) is 19.8. The van der Waals surface area contributed by atoms with Gasteiger partial charge >= 0.3 is 0 Å². The summed E-state index contributed by atoms with van der Waals surface area (Å²) in [5.74, 6) is 2.07. The maximum atomic E-state index is 12.8. The molecule has 5 heteroatoms. The highest BCUT2D eigenvalue weighted by Crippen LogP contribution is 2.52. The van der Waals surface area contributed by atoms with E-state index in [0.29, 0.717) is 17.2 Å². The van der Waals surface area contributed by atoms with Crippen LogP contribution in [0.3, 0.4) is 0 Å². The number of hydrogen-bond acceptors (Lipinski definition) is 4. The Kier molecular flexibility index (Phi) is 3.42. The van der Waals surface area contributed by atoms with Crippen molar-refractivity contribution in [2.45, 2.75) is 0 Å². The average Bonchev–Trinajstić information content (AvgIpc) is 2.82. The van der Waals surface area contributed by atoms with Crippen molar-refractivity contribution in [1.82, 2.24) is 0 Å². The average molecular weight is 304 g/mol. The van der Waals surface area contributed by atoms with E-state index in [2.05, 4.69) is 0 Å². The molecule has 1 aliphatic rings. The van der Waals surface area contributed by atoms with Crippen LogP contribution in [0.2, 0.25) is 0 Å². The summed E-state index contributed by atoms with van der Waals surface area (Å²) in [4.78, 5) is 0. The van der Waals surface area contributed by atoms with Crippen LogP contribution in [0, 0.1) is 0 Å². The largest absolute Gasteiger partial charge is 0.496 e. The molecule has 1 atom stereocenters. The maximum Gasteiger partial charge on any atom is 0.152 e. The Morgan fingerprint density at radius 2 is 1.67 bits per heavy atom. The molecule has 0 aliphatic carbocycles. The quantitative estimate of drug-likeness (QED) is 0.816. The van der Waals surface area contributed by atoms with Gasteiger partial charge in [-0.05, 0) is 24.9 Å². The first-order valence-corrected chi connectivity index (χ1v) is 8.96. The lowest BCUT2D eigenvalue weighted by molar-refractivity contribution is 0.394. The molecule has 0 saturated heterocycles. The van der Waals surface area contributed by atoms with Crippen molar-refractivity contribution in [3.05, 3.63) is 36.4 Å². The summed E-state index contributed by atoms with van der Waals surface area (Å²) in [5.41, 5.74) is 1.66. The van der Waals surface area contributed by atoms with Crippen LogP contribution in [-0.4, -0.2) is 27.2 Å². The molecule has 0 bridgehead atoms. The number of ether oxygens (including phenoxy) is 3. The first kappa shape index (κ1) is 14.0. The van der Waals surface area contributed by atoms with Crippen LogP contribution in [0.25, 0.3) is 11.1 Å². The molecule has 4 nitrogen and oxygen atoms in total. The van der Waals surface area contributed by atoms with Crippen LogP contribution in [-0.2, 0) is 4.57 Å². The summed E-state index contributed by atoms with van der Waals surface area (Å²) in [7, 11) is 0.699. The molecule has 1 unspecified atom stereocenters. The van der Waals surface area contributed by atoms with Crippen LogP contribution >= 0.6 is 7.14 Å². The van der Waals surface area contributed by atoms with Crippen LogP contribution < -0.4 is 19.5 Å². The van der Waals surface area contributed by atoms with Gasteiger partial charge in [0.1, 0.15) is 23.6 Å². The van der Waals surface area contributed by atoms with Crippen molar-refractivity contribution in [2.24, 2.45) is 0 Å². The van der Waals surface area contributed by atoms with Gasteiger partial charge in [0.25, 0.3) is 0 Å². The van der Waals surface area contributed by atoms with Crippen molar-refractivity contribution in [3.8, 4) is 28.4 Å². The van der Waals surface area contributed by atoms with Gasteiger partial charge in [0.2, 0.25) is 0 Å². The molecular formula is C16H17O4P. The lowest BCUT2D eigenvalue weighted by Gasteiger charge is -2.16. The zero-order chi connectivity index (χ0) is 15.0. The van der Waals surface area contributed by atoms with Gasteiger partial charge in [0.15, 0.2) is 7.14 Å². The van der Waals surface area contributed by atoms with Gasteiger partial charge in [0.05, 0.1) is 25.1 Å². The van der Waals surface area contributed by atoms with Crippen LogP contribution in [0.15, 0.2) is 36.4 Å². The molecule has 0 spiro atoms. The van der Waals surface area contributed by atoms with Gasteiger partial charge < -0.3 is 18.8 Å². The Morgan fingerprint density at radius 1 is 1.05 bits per heavy atom. The lowest BCUT2D eigenvalue weighted by Crippen LogP contribution is -2.06. The second kappa shape index (κ2) is 5.12. The summed E-state index contributed by atoms with van der Waals surface area (Å²) in [6.45, 7) is 1.75. The molecule has 0 N–H and O–H groups in total. The number of methoxy groups -OCH3 is 2. The maximum absolute atomic E-state index is 12.8. The van der Waals surface area contributed by atoms with Crippen molar-refractivity contribution in [3.63, 3.8) is 0 Å². The molecule has 0 saturated carbocycles. The van der Waals surface area contributed by atoms with E-state index >= 15 is 0 Å². The fourth-order valence-electron chi connectivity index (χ4n) is 2.70. The first-order valence-electron chi connectivity index (χ1n) is 6.63. The van der Waals surface area contributed by atoms with Gasteiger partial charge in [-0.2, -0.15) is 0 Å². The molecule has 110 valence electrons. The van der Waals surface area contributed by atoms with Crippen molar-refractivity contribution < 1.29 is 18.8 Å². The third kappa shape index (κ3) is 2.20. The third-order valence-electron chi connectivity index (χ3n) is 3.64. The van der Waals surface area contributed by atoms with E-state index in [9.17, 15) is 4.57 Å². The minimum atomic E-state index is -2.53. The van der Waals surface area contributed by atoms with Crippen LogP contribution in [0.1, 0.15) is 0 Å². The highest BCUT2D eigenvalue weighted by Gasteiger charge is 2.34. The second-order valence-corrected chi connectivity index (χ2v) is 7.97. The van der Waals surface area contributed by atoms with Gasteiger partial charge in [-0.1, -0.05) is 18.2 Å². The first-order chi connectivity index (χ1) is 10.1. The monoisotopic (exact) mass is 304 g/mol. The lowest BCUT2D eigenvalue weighted by atomic mass is 10.0. The van der Waals surface area contributed by atoms with Crippen molar-refractivity contribution >= 4 is 12.4 Å². The van der Waals surface area contributed by atoms with Gasteiger partial charge in [-0.15, -0.1) is 0 Å². The predicted molar refractivity (Wildman–Crippen MR) is 83.6 cm³/mol. The molecule has 1 aliphatic heterocycles. The Bertz CT molecular complexity index is 717. The smallest absolute Gasteiger partial charge is 0.152 e. The standard InChI is InChI=1S/C16H17O4P/c1-18-12-7-5-8-13(19-2)15(12)11-6-4-9-14-16(11)21(3,17)10-20-14/h4-9H,10H2,1-3H3. The molecule has 21 heavy (non-hydrogen) atoms. The van der Waals surface area contributed by atoms with Gasteiger partial charge in [-0.25, -0.2) is 0 Å². The summed E-state index contributed by atoms with van der Waals surface area (Å²) >= 11 is 0. The fraction of sp³-hybridized carbons (Fsp3) is 0.250. The molecule has 2 aromatic rings. The second-order valence-electron chi connectivity index (χ2n) is 5.06. The summed E-state index contributed by atoms with van der Waals surface area (Å²) < 4.78 is 29.3. The van der Waals surface area contributed by atoms with Gasteiger partial charge in [-0.3, -0.25) is 0 Å². The van der Waals surface area contributed by atoms with Crippen molar-refractivity contribution in [1.29, 1.82) is 0 Å². The van der Waals surface area contributed by atoms with Crippen LogP contribution in [0.4, 0.5) is 0 Å². The number of rotatable bonds is 3. The third-order valence-corrected chi connectivity index (χ3v) is 5.66. The molecule has 1 heterocycles. The molecule has 2 aromatic carbocycles. The molecule has 0 aromatic heterocycles. The van der Waals surface area contributed by atoms with E-state index < -0.39 is 7.14 Å². The zero-order valence-electron chi connectivity index (χ0n) is 12.3. The van der Waals surface area contributed by atoms with E-state index in [0.717, 1.165) is 16.4 Å². The molecule has 0 radical (unpaired) electrons. The fourth-order valence-corrected chi connectivity index (χ4v) is 4.52. The molecule has 0 fully saturated rings. The summed E-state index contributed by atoms with van der Waals surface area (Å²) in [6, 6.07) is 11.3. The zero-order valence-corrected chi connectivity index (χ0v) is 13.1. The summed E-state index contributed by atoms with van der Waals surface area (Å²) in [5, 5.41) is 0.771. The topological polar surface area (TPSA) is 44.8 Å². The van der Waals surface area contributed by atoms with Crippen LogP contribution in [0.5, 0.6) is 17.2 Å². The highest BCUT2D eigenvalue weighted by molar-refractivity contribution is 7.71. The molecular weight excluding hydrogens is 287 g/mol. The van der Waals surface area contributed by atoms with E-state index in [1.165, 1.54) is 0 Å². The van der Waals surface area contributed by atoms with E-state index in [-0.39, 0.29) is 6.35 Å². The van der Waals surface area contributed by atoms with Gasteiger partial charge in [0, 0.05) is 5.56 Å². The SMILES string of the molecule is COc1cccc(OC)c1-c1cccc2c1P(C)(=O)CO2. The summed E-state index contributed by atoms with van der Waals surface area (Å²) in [6.07, 6.45) is 0.247. The molecule has 0 amide bonds. The minimum Gasteiger partial charge on any atom is -0.496 e. The van der Waals surface area contributed by atoms with E-state index in [4.69, 9.17) is 14.2 Å². The minimum absolute atomic E-state index is 0.247. The predicted octanol–water partition coefficient (Wildman–Crippen LogP) is 3.34. The Hall–Kier alpha value is -1.93.